The highest BCUT2D eigenvalue weighted by molar-refractivity contribution is 6.34. The zero-order valence-corrected chi connectivity index (χ0v) is 21.8. The normalized spacial score (nSPS) is 15.3. The van der Waals surface area contributed by atoms with Crippen molar-refractivity contribution in [2.45, 2.75) is 12.8 Å². The molecular weight excluding hydrogens is 502 g/mol. The van der Waals surface area contributed by atoms with E-state index in [1.807, 2.05) is 41.3 Å². The summed E-state index contributed by atoms with van der Waals surface area (Å²) in [5.41, 5.74) is 3.01. The molecule has 2 saturated heterocycles. The molecule has 0 spiro atoms. The van der Waals surface area contributed by atoms with E-state index in [-0.39, 0.29) is 17.8 Å². The minimum Gasteiger partial charge on any atom is -0.367 e. The molecular formula is C29H30ClN5O3. The SMILES string of the molecule is O=C(Nc1ccc(N2CCN(C(=O)Nc3ccccc3)CC2)c(C(=O)N2CCCC2)c1)c1ccccc1Cl. The zero-order chi connectivity index (χ0) is 26.5. The van der Waals surface area contributed by atoms with Crippen LogP contribution in [-0.2, 0) is 0 Å². The summed E-state index contributed by atoms with van der Waals surface area (Å²) in [6.07, 6.45) is 1.97. The van der Waals surface area contributed by atoms with E-state index in [1.165, 1.54) is 0 Å². The van der Waals surface area contributed by atoms with Gasteiger partial charge in [-0.2, -0.15) is 0 Å². The van der Waals surface area contributed by atoms with Gasteiger partial charge in [0.05, 0.1) is 16.1 Å². The molecule has 2 aliphatic heterocycles. The van der Waals surface area contributed by atoms with E-state index < -0.39 is 0 Å². The van der Waals surface area contributed by atoms with Crippen LogP contribution in [0.3, 0.4) is 0 Å². The minimum absolute atomic E-state index is 0.0457. The average molecular weight is 532 g/mol. The number of carbonyl (C=O) groups excluding carboxylic acids is 3. The number of benzene rings is 3. The maximum Gasteiger partial charge on any atom is 0.321 e. The topological polar surface area (TPSA) is 85.0 Å². The number of para-hydroxylation sites is 1. The Balaban J connectivity index is 1.32. The van der Waals surface area contributed by atoms with Crippen LogP contribution >= 0.6 is 11.6 Å². The molecule has 2 heterocycles. The predicted molar refractivity (Wildman–Crippen MR) is 150 cm³/mol. The van der Waals surface area contributed by atoms with Crippen LogP contribution in [-0.4, -0.2) is 66.9 Å². The first-order chi connectivity index (χ1) is 18.5. The lowest BCUT2D eigenvalue weighted by Gasteiger charge is -2.37. The van der Waals surface area contributed by atoms with Gasteiger partial charge in [0.25, 0.3) is 11.8 Å². The van der Waals surface area contributed by atoms with Gasteiger partial charge in [0.15, 0.2) is 0 Å². The summed E-state index contributed by atoms with van der Waals surface area (Å²) in [5, 5.41) is 6.19. The Morgan fingerprint density at radius 1 is 0.658 bits per heavy atom. The van der Waals surface area contributed by atoms with Crippen molar-refractivity contribution in [3.63, 3.8) is 0 Å². The van der Waals surface area contributed by atoms with E-state index >= 15 is 0 Å². The lowest BCUT2D eigenvalue weighted by Crippen LogP contribution is -2.50. The Kier molecular flexibility index (Phi) is 7.79. The van der Waals surface area contributed by atoms with Gasteiger partial charge in [0, 0.05) is 56.3 Å². The van der Waals surface area contributed by atoms with Crippen molar-refractivity contribution in [2.24, 2.45) is 0 Å². The summed E-state index contributed by atoms with van der Waals surface area (Å²) >= 11 is 6.20. The highest BCUT2D eigenvalue weighted by Gasteiger charge is 2.28. The Morgan fingerprint density at radius 3 is 2.05 bits per heavy atom. The standard InChI is InChI=1S/C29H30ClN5O3/c30-25-11-5-4-10-23(25)27(36)31-22-12-13-26(24(20-22)28(37)34-14-6-7-15-34)33-16-18-35(19-17-33)29(38)32-21-8-2-1-3-9-21/h1-5,8-13,20H,6-7,14-19H2,(H,31,36)(H,32,38). The second-order valence-electron chi connectivity index (χ2n) is 9.44. The molecule has 9 heteroatoms. The van der Waals surface area contributed by atoms with Gasteiger partial charge in [-0.15, -0.1) is 0 Å². The van der Waals surface area contributed by atoms with Gasteiger partial charge in [0.1, 0.15) is 0 Å². The van der Waals surface area contributed by atoms with Gasteiger partial charge in [-0.25, -0.2) is 4.79 Å². The molecule has 2 N–H and O–H groups in total. The molecule has 2 fully saturated rings. The van der Waals surface area contributed by atoms with Crippen LogP contribution in [0.4, 0.5) is 21.9 Å². The van der Waals surface area contributed by atoms with E-state index in [0.29, 0.717) is 48.0 Å². The molecule has 5 rings (SSSR count). The van der Waals surface area contributed by atoms with Crippen LogP contribution < -0.4 is 15.5 Å². The highest BCUT2D eigenvalue weighted by atomic mass is 35.5. The smallest absolute Gasteiger partial charge is 0.321 e. The summed E-state index contributed by atoms with van der Waals surface area (Å²) in [5.74, 6) is -0.378. The minimum atomic E-state index is -0.332. The summed E-state index contributed by atoms with van der Waals surface area (Å²) in [7, 11) is 0. The Labute approximate surface area is 227 Å². The molecule has 196 valence electrons. The molecule has 0 atom stereocenters. The van der Waals surface area contributed by atoms with Crippen molar-refractivity contribution in [3.05, 3.63) is 88.9 Å². The second-order valence-corrected chi connectivity index (χ2v) is 9.84. The van der Waals surface area contributed by atoms with Crippen molar-refractivity contribution in [1.29, 1.82) is 0 Å². The molecule has 3 aromatic rings. The number of rotatable bonds is 5. The molecule has 0 radical (unpaired) electrons. The number of likely N-dealkylation sites (tertiary alicyclic amines) is 1. The number of hydrogen-bond donors (Lipinski definition) is 2. The van der Waals surface area contributed by atoms with Gasteiger partial charge in [-0.1, -0.05) is 41.9 Å². The van der Waals surface area contributed by atoms with Crippen molar-refractivity contribution < 1.29 is 14.4 Å². The van der Waals surface area contributed by atoms with Gasteiger partial charge in [-0.05, 0) is 55.3 Å². The fourth-order valence-electron chi connectivity index (χ4n) is 4.87. The molecule has 2 aliphatic rings. The molecule has 0 aromatic heterocycles. The molecule has 0 bridgehead atoms. The Morgan fingerprint density at radius 2 is 1.34 bits per heavy atom. The number of amides is 4. The zero-order valence-electron chi connectivity index (χ0n) is 21.0. The maximum atomic E-state index is 13.5. The predicted octanol–water partition coefficient (Wildman–Crippen LogP) is 5.18. The summed E-state index contributed by atoms with van der Waals surface area (Å²) < 4.78 is 0. The lowest BCUT2D eigenvalue weighted by molar-refractivity contribution is 0.0792. The fourth-order valence-corrected chi connectivity index (χ4v) is 5.09. The Bertz CT molecular complexity index is 1320. The highest BCUT2D eigenvalue weighted by Crippen LogP contribution is 2.29. The third-order valence-electron chi connectivity index (χ3n) is 6.93. The number of nitrogens with zero attached hydrogens (tertiary/aromatic N) is 3. The van der Waals surface area contributed by atoms with E-state index in [4.69, 9.17) is 11.6 Å². The molecule has 38 heavy (non-hydrogen) atoms. The molecule has 0 unspecified atom stereocenters. The molecule has 8 nitrogen and oxygen atoms in total. The van der Waals surface area contributed by atoms with Crippen LogP contribution in [0.2, 0.25) is 5.02 Å². The number of hydrogen-bond acceptors (Lipinski definition) is 4. The second kappa shape index (κ2) is 11.6. The maximum absolute atomic E-state index is 13.5. The van der Waals surface area contributed by atoms with E-state index in [9.17, 15) is 14.4 Å². The van der Waals surface area contributed by atoms with Crippen LogP contribution in [0.1, 0.15) is 33.6 Å². The number of halogens is 1. The third kappa shape index (κ3) is 5.75. The monoisotopic (exact) mass is 531 g/mol. The number of piperazine rings is 1. The Hall–Kier alpha value is -4.04. The molecule has 4 amide bonds. The quantitative estimate of drug-likeness (QED) is 0.475. The van der Waals surface area contributed by atoms with Crippen LogP contribution in [0, 0.1) is 0 Å². The van der Waals surface area contributed by atoms with Gasteiger partial charge >= 0.3 is 6.03 Å². The van der Waals surface area contributed by atoms with Gasteiger partial charge < -0.3 is 25.3 Å². The first kappa shape index (κ1) is 25.6. The van der Waals surface area contributed by atoms with E-state index in [1.54, 1.807) is 41.3 Å². The molecule has 0 saturated carbocycles. The first-order valence-corrected chi connectivity index (χ1v) is 13.2. The van der Waals surface area contributed by atoms with Crippen molar-refractivity contribution in [3.8, 4) is 0 Å². The number of carbonyl (C=O) groups is 3. The number of anilines is 3. The van der Waals surface area contributed by atoms with E-state index in [0.717, 1.165) is 37.3 Å². The van der Waals surface area contributed by atoms with Crippen molar-refractivity contribution in [1.82, 2.24) is 9.80 Å². The largest absolute Gasteiger partial charge is 0.367 e. The average Bonchev–Trinajstić information content (AvgIpc) is 3.49. The van der Waals surface area contributed by atoms with Gasteiger partial charge in [0.2, 0.25) is 0 Å². The molecule has 3 aromatic carbocycles. The van der Waals surface area contributed by atoms with Crippen molar-refractivity contribution in [2.75, 3.05) is 54.8 Å². The lowest BCUT2D eigenvalue weighted by atomic mass is 10.1. The molecule has 0 aliphatic carbocycles. The summed E-state index contributed by atoms with van der Waals surface area (Å²) in [6, 6.07) is 21.5. The van der Waals surface area contributed by atoms with Gasteiger partial charge in [-0.3, -0.25) is 9.59 Å². The first-order valence-electron chi connectivity index (χ1n) is 12.8. The fraction of sp³-hybridized carbons (Fsp3) is 0.276. The van der Waals surface area contributed by atoms with Crippen LogP contribution in [0.15, 0.2) is 72.8 Å². The third-order valence-corrected chi connectivity index (χ3v) is 7.26. The number of urea groups is 1. The van der Waals surface area contributed by atoms with Crippen LogP contribution in [0.25, 0.3) is 0 Å². The number of nitrogens with one attached hydrogen (secondary N) is 2. The summed E-state index contributed by atoms with van der Waals surface area (Å²) in [6.45, 7) is 3.69. The summed E-state index contributed by atoms with van der Waals surface area (Å²) in [4.78, 5) is 44.9. The van der Waals surface area contributed by atoms with Crippen molar-refractivity contribution >= 4 is 46.5 Å². The van der Waals surface area contributed by atoms with E-state index in [2.05, 4.69) is 15.5 Å². The van der Waals surface area contributed by atoms with Crippen LogP contribution in [0.5, 0.6) is 0 Å².